The molecule has 1 heterocycles. The zero-order chi connectivity index (χ0) is 12.3. The summed E-state index contributed by atoms with van der Waals surface area (Å²) < 4.78 is 10.4. The zero-order valence-electron chi connectivity index (χ0n) is 9.77. The van der Waals surface area contributed by atoms with Gasteiger partial charge in [-0.15, -0.1) is 0 Å². The maximum Gasteiger partial charge on any atom is 0.242 e. The lowest BCUT2D eigenvalue weighted by Crippen LogP contribution is -2.22. The highest BCUT2D eigenvalue weighted by atomic mass is 16.7. The summed E-state index contributed by atoms with van der Waals surface area (Å²) in [6, 6.07) is 5.47. The number of amides is 1. The van der Waals surface area contributed by atoms with Crippen molar-refractivity contribution in [2.24, 2.45) is 11.0 Å². The van der Waals surface area contributed by atoms with Crippen LogP contribution >= 0.6 is 0 Å². The van der Waals surface area contributed by atoms with Gasteiger partial charge in [-0.05, 0) is 23.8 Å². The van der Waals surface area contributed by atoms with E-state index in [1.807, 2.05) is 32.0 Å². The first-order valence-electron chi connectivity index (χ1n) is 5.39. The first-order valence-corrected chi connectivity index (χ1v) is 5.39. The van der Waals surface area contributed by atoms with Crippen LogP contribution in [0.5, 0.6) is 11.5 Å². The third kappa shape index (κ3) is 2.75. The second-order valence-corrected chi connectivity index (χ2v) is 4.00. The van der Waals surface area contributed by atoms with Crippen molar-refractivity contribution in [3.8, 4) is 11.5 Å². The molecule has 0 aliphatic carbocycles. The molecular weight excluding hydrogens is 220 g/mol. The molecule has 2 rings (SSSR count). The van der Waals surface area contributed by atoms with Crippen LogP contribution in [0.3, 0.4) is 0 Å². The van der Waals surface area contributed by atoms with E-state index in [2.05, 4.69) is 10.5 Å². The molecule has 1 amide bonds. The van der Waals surface area contributed by atoms with Crippen molar-refractivity contribution in [1.29, 1.82) is 0 Å². The maximum atomic E-state index is 11.3. The number of hydrogen-bond donors (Lipinski definition) is 1. The largest absolute Gasteiger partial charge is 0.454 e. The summed E-state index contributed by atoms with van der Waals surface area (Å²) in [7, 11) is 0. The number of benzene rings is 1. The highest BCUT2D eigenvalue weighted by Gasteiger charge is 2.12. The average molecular weight is 234 g/mol. The molecule has 1 N–H and O–H groups in total. The van der Waals surface area contributed by atoms with E-state index in [4.69, 9.17) is 9.47 Å². The van der Waals surface area contributed by atoms with Gasteiger partial charge in [0.05, 0.1) is 6.21 Å². The van der Waals surface area contributed by atoms with Crippen LogP contribution in [0.4, 0.5) is 0 Å². The molecule has 0 radical (unpaired) electrons. The minimum absolute atomic E-state index is 0.0797. The first-order chi connectivity index (χ1) is 8.16. The Morgan fingerprint density at radius 1 is 1.41 bits per heavy atom. The molecule has 0 atom stereocenters. The quantitative estimate of drug-likeness (QED) is 0.637. The first kappa shape index (κ1) is 11.4. The minimum atomic E-state index is -0.109. The fourth-order valence-electron chi connectivity index (χ4n) is 1.29. The Labute approximate surface area is 99.4 Å². The van der Waals surface area contributed by atoms with E-state index >= 15 is 0 Å². The molecule has 17 heavy (non-hydrogen) atoms. The number of hydrogen-bond acceptors (Lipinski definition) is 4. The fraction of sp³-hybridized carbons (Fsp3) is 0.333. The van der Waals surface area contributed by atoms with Crippen molar-refractivity contribution in [2.75, 3.05) is 6.79 Å². The number of hydrazone groups is 1. The molecule has 5 heteroatoms. The molecule has 1 aromatic carbocycles. The van der Waals surface area contributed by atoms with Crippen LogP contribution in [0.15, 0.2) is 23.3 Å². The number of carbonyl (C=O) groups excluding carboxylic acids is 1. The lowest BCUT2D eigenvalue weighted by molar-refractivity contribution is -0.123. The second kappa shape index (κ2) is 4.86. The van der Waals surface area contributed by atoms with Crippen molar-refractivity contribution in [1.82, 2.24) is 5.43 Å². The highest BCUT2D eigenvalue weighted by Crippen LogP contribution is 2.31. The molecule has 0 spiro atoms. The maximum absolute atomic E-state index is 11.3. The van der Waals surface area contributed by atoms with E-state index in [0.29, 0.717) is 5.75 Å². The van der Waals surface area contributed by atoms with Gasteiger partial charge in [-0.25, -0.2) is 5.43 Å². The Hall–Kier alpha value is -2.04. The van der Waals surface area contributed by atoms with Gasteiger partial charge in [-0.1, -0.05) is 13.8 Å². The number of fused-ring (bicyclic) bond motifs is 1. The molecule has 0 bridgehead atoms. The number of nitrogens with one attached hydrogen (secondary N) is 1. The van der Waals surface area contributed by atoms with Gasteiger partial charge in [0, 0.05) is 5.92 Å². The predicted molar refractivity (Wildman–Crippen MR) is 63.1 cm³/mol. The van der Waals surface area contributed by atoms with Gasteiger partial charge in [-0.2, -0.15) is 5.10 Å². The van der Waals surface area contributed by atoms with Crippen molar-refractivity contribution in [3.05, 3.63) is 23.8 Å². The van der Waals surface area contributed by atoms with E-state index in [9.17, 15) is 4.79 Å². The van der Waals surface area contributed by atoms with Gasteiger partial charge in [0.1, 0.15) is 0 Å². The zero-order valence-corrected chi connectivity index (χ0v) is 9.77. The summed E-state index contributed by atoms with van der Waals surface area (Å²) in [5.74, 6) is 1.24. The van der Waals surface area contributed by atoms with E-state index in [-0.39, 0.29) is 18.6 Å². The summed E-state index contributed by atoms with van der Waals surface area (Å²) in [5, 5.41) is 3.87. The number of nitrogens with zero attached hydrogens (tertiary/aromatic N) is 1. The van der Waals surface area contributed by atoms with Crippen molar-refractivity contribution >= 4 is 12.1 Å². The summed E-state index contributed by atoms with van der Waals surface area (Å²) in [6.07, 6.45) is 1.57. The lowest BCUT2D eigenvalue weighted by Gasteiger charge is -2.01. The number of carbonyl (C=O) groups is 1. The predicted octanol–water partition coefficient (Wildman–Crippen LogP) is 1.52. The van der Waals surface area contributed by atoms with E-state index in [0.717, 1.165) is 11.3 Å². The molecule has 5 nitrogen and oxygen atoms in total. The van der Waals surface area contributed by atoms with Crippen LogP contribution in [0.1, 0.15) is 19.4 Å². The standard InChI is InChI=1S/C12H14N2O3/c1-8(2)12(15)14-13-6-9-3-4-10-11(5-9)17-7-16-10/h3-6,8H,7H2,1-2H3,(H,14,15)/b13-6+. The molecular formula is C12H14N2O3. The van der Waals surface area contributed by atoms with E-state index < -0.39 is 0 Å². The van der Waals surface area contributed by atoms with Crippen LogP contribution in [0.25, 0.3) is 0 Å². The summed E-state index contributed by atoms with van der Waals surface area (Å²) in [5.41, 5.74) is 3.30. The molecule has 0 fully saturated rings. The molecule has 1 aromatic rings. The van der Waals surface area contributed by atoms with Gasteiger partial charge in [-0.3, -0.25) is 4.79 Å². The molecule has 0 unspecified atom stereocenters. The van der Waals surface area contributed by atoms with Crippen LogP contribution < -0.4 is 14.9 Å². The van der Waals surface area contributed by atoms with E-state index in [1.54, 1.807) is 6.21 Å². The fourth-order valence-corrected chi connectivity index (χ4v) is 1.29. The summed E-state index contributed by atoms with van der Waals surface area (Å²) in [6.45, 7) is 3.87. The van der Waals surface area contributed by atoms with Crippen molar-refractivity contribution < 1.29 is 14.3 Å². The van der Waals surface area contributed by atoms with Crippen LogP contribution in [0.2, 0.25) is 0 Å². The average Bonchev–Trinajstić information content (AvgIpc) is 2.75. The van der Waals surface area contributed by atoms with Crippen LogP contribution in [0, 0.1) is 5.92 Å². The van der Waals surface area contributed by atoms with E-state index in [1.165, 1.54) is 0 Å². The Morgan fingerprint density at radius 3 is 2.94 bits per heavy atom. The Morgan fingerprint density at radius 2 is 2.18 bits per heavy atom. The molecule has 1 aliphatic rings. The lowest BCUT2D eigenvalue weighted by atomic mass is 10.2. The molecule has 1 aliphatic heterocycles. The third-order valence-corrected chi connectivity index (χ3v) is 2.31. The minimum Gasteiger partial charge on any atom is -0.454 e. The normalized spacial score (nSPS) is 13.4. The van der Waals surface area contributed by atoms with Crippen molar-refractivity contribution in [2.45, 2.75) is 13.8 Å². The molecule has 0 saturated heterocycles. The number of ether oxygens (including phenoxy) is 2. The third-order valence-electron chi connectivity index (χ3n) is 2.31. The smallest absolute Gasteiger partial charge is 0.242 e. The second-order valence-electron chi connectivity index (χ2n) is 4.00. The van der Waals surface area contributed by atoms with Crippen LogP contribution in [-0.2, 0) is 4.79 Å². The van der Waals surface area contributed by atoms with Gasteiger partial charge < -0.3 is 9.47 Å². The molecule has 0 aromatic heterocycles. The van der Waals surface area contributed by atoms with Gasteiger partial charge in [0.2, 0.25) is 12.7 Å². The summed E-state index contributed by atoms with van der Waals surface area (Å²) in [4.78, 5) is 11.3. The van der Waals surface area contributed by atoms with Crippen LogP contribution in [-0.4, -0.2) is 18.9 Å². The molecule has 90 valence electrons. The number of rotatable bonds is 3. The van der Waals surface area contributed by atoms with Gasteiger partial charge in [0.15, 0.2) is 11.5 Å². The molecule has 0 saturated carbocycles. The highest BCUT2D eigenvalue weighted by molar-refractivity contribution is 5.83. The Balaban J connectivity index is 1.99. The SMILES string of the molecule is CC(C)C(=O)N/N=C/c1ccc2c(c1)OCO2. The monoisotopic (exact) mass is 234 g/mol. The summed E-state index contributed by atoms with van der Waals surface area (Å²) >= 11 is 0. The van der Waals surface area contributed by atoms with Gasteiger partial charge in [0.25, 0.3) is 0 Å². The Kier molecular flexibility index (Phi) is 3.27. The van der Waals surface area contributed by atoms with Gasteiger partial charge >= 0.3 is 0 Å². The van der Waals surface area contributed by atoms with Crippen molar-refractivity contribution in [3.63, 3.8) is 0 Å². The Bertz CT molecular complexity index is 455. The topological polar surface area (TPSA) is 59.9 Å².